The van der Waals surface area contributed by atoms with Crippen LogP contribution in [0.4, 0.5) is 0 Å². The lowest BCUT2D eigenvalue weighted by Gasteiger charge is -2.35. The van der Waals surface area contributed by atoms with Gasteiger partial charge in [-0.3, -0.25) is 0 Å². The van der Waals surface area contributed by atoms with Gasteiger partial charge in [-0.05, 0) is 46.5 Å². The fourth-order valence-corrected chi connectivity index (χ4v) is 8.91. The van der Waals surface area contributed by atoms with Crippen molar-refractivity contribution in [2.24, 2.45) is 0 Å². The Labute approximate surface area is 276 Å². The molecule has 47 heavy (non-hydrogen) atoms. The largest absolute Gasteiger partial charge is 0.307 e. The normalized spacial score (nSPS) is 13.5. The van der Waals surface area contributed by atoms with Crippen molar-refractivity contribution in [1.82, 2.24) is 14.5 Å². The van der Waals surface area contributed by atoms with E-state index in [0.29, 0.717) is 0 Å². The molecule has 4 heterocycles. The number of rotatable bonds is 3. The topological polar surface area (TPSA) is 30.7 Å². The SMILES string of the molecule is CC1(C)c2ccc(-c3nc(-c4cccc(-c5ccccc5)c4)nc4ccccc34)cc2-n2c3c1cccc3c1sc3ccccc3c12. The predicted molar refractivity (Wildman–Crippen MR) is 198 cm³/mol. The van der Waals surface area contributed by atoms with Crippen LogP contribution < -0.4 is 0 Å². The van der Waals surface area contributed by atoms with Crippen LogP contribution in [-0.4, -0.2) is 14.5 Å². The highest BCUT2D eigenvalue weighted by molar-refractivity contribution is 7.26. The number of benzene rings is 6. The second-order valence-corrected chi connectivity index (χ2v) is 14.1. The molecule has 0 atom stereocenters. The summed E-state index contributed by atoms with van der Waals surface area (Å²) in [6, 6.07) is 50.1. The molecular formula is C43H29N3S. The summed E-state index contributed by atoms with van der Waals surface area (Å²) in [7, 11) is 0. The molecule has 0 saturated carbocycles. The van der Waals surface area contributed by atoms with Crippen molar-refractivity contribution in [3.63, 3.8) is 0 Å². The van der Waals surface area contributed by atoms with Crippen LogP contribution in [0, 0.1) is 0 Å². The van der Waals surface area contributed by atoms with E-state index in [1.807, 2.05) is 11.3 Å². The molecule has 0 N–H and O–H groups in total. The first kappa shape index (κ1) is 26.6. The number of thiophene rings is 1. The second-order valence-electron chi connectivity index (χ2n) is 13.0. The standard InChI is InChI=1S/C43H29N3S/c1-43(2)33-23-22-28(25-36(33)46-39-32(18-11-19-34(39)43)41-40(46)31-17-7-9-21-37(31)47-41)38-30-16-6-8-20-35(30)44-42(45-38)29-15-10-14-27(24-29)26-12-4-3-5-13-26/h3-25H,1-2H3. The Morgan fingerprint density at radius 3 is 2.15 bits per heavy atom. The number of hydrogen-bond acceptors (Lipinski definition) is 3. The van der Waals surface area contributed by atoms with E-state index in [9.17, 15) is 0 Å². The van der Waals surface area contributed by atoms with Gasteiger partial charge < -0.3 is 4.57 Å². The maximum atomic E-state index is 5.33. The second kappa shape index (κ2) is 9.71. The number of aromatic nitrogens is 3. The lowest BCUT2D eigenvalue weighted by Crippen LogP contribution is -2.26. The summed E-state index contributed by atoms with van der Waals surface area (Å²) < 4.78 is 5.21. The van der Waals surface area contributed by atoms with E-state index in [1.165, 1.54) is 53.6 Å². The fourth-order valence-electron chi connectivity index (χ4n) is 7.69. The molecule has 1 aliphatic heterocycles. The Kier molecular flexibility index (Phi) is 5.50. The summed E-state index contributed by atoms with van der Waals surface area (Å²) >= 11 is 1.90. The maximum Gasteiger partial charge on any atom is 0.160 e. The third-order valence-electron chi connectivity index (χ3n) is 9.99. The van der Waals surface area contributed by atoms with Gasteiger partial charge in [-0.1, -0.05) is 129 Å². The molecule has 222 valence electrons. The highest BCUT2D eigenvalue weighted by atomic mass is 32.1. The quantitative estimate of drug-likeness (QED) is 0.197. The minimum absolute atomic E-state index is 0.156. The third-order valence-corrected chi connectivity index (χ3v) is 11.2. The molecule has 0 radical (unpaired) electrons. The number of fused-ring (bicyclic) bond motifs is 8. The van der Waals surface area contributed by atoms with Gasteiger partial charge in [-0.2, -0.15) is 0 Å². The van der Waals surface area contributed by atoms with Gasteiger partial charge in [0, 0.05) is 37.4 Å². The summed E-state index contributed by atoms with van der Waals surface area (Å²) in [6.07, 6.45) is 0. The first-order chi connectivity index (χ1) is 23.1. The molecule has 0 fully saturated rings. The Morgan fingerprint density at radius 2 is 1.26 bits per heavy atom. The lowest BCUT2D eigenvalue weighted by atomic mass is 9.74. The van der Waals surface area contributed by atoms with Gasteiger partial charge in [0.05, 0.1) is 32.6 Å². The van der Waals surface area contributed by atoms with Crippen molar-refractivity contribution in [1.29, 1.82) is 0 Å². The van der Waals surface area contributed by atoms with Crippen LogP contribution in [-0.2, 0) is 5.41 Å². The molecule has 10 rings (SSSR count). The number of nitrogens with zero attached hydrogens (tertiary/aromatic N) is 3. The van der Waals surface area contributed by atoms with Gasteiger partial charge in [0.2, 0.25) is 0 Å². The Morgan fingerprint density at radius 1 is 0.532 bits per heavy atom. The molecule has 0 unspecified atom stereocenters. The van der Waals surface area contributed by atoms with Crippen molar-refractivity contribution in [2.45, 2.75) is 19.3 Å². The first-order valence-electron chi connectivity index (χ1n) is 16.1. The van der Waals surface area contributed by atoms with E-state index in [-0.39, 0.29) is 5.41 Å². The summed E-state index contributed by atoms with van der Waals surface area (Å²) in [6.45, 7) is 4.72. The molecule has 0 aliphatic carbocycles. The zero-order chi connectivity index (χ0) is 31.3. The van der Waals surface area contributed by atoms with Crippen LogP contribution in [0.15, 0.2) is 140 Å². The van der Waals surface area contributed by atoms with Gasteiger partial charge in [0.25, 0.3) is 0 Å². The highest BCUT2D eigenvalue weighted by Crippen LogP contribution is 2.51. The van der Waals surface area contributed by atoms with E-state index in [2.05, 4.69) is 158 Å². The molecule has 0 spiro atoms. The fraction of sp³-hybridized carbons (Fsp3) is 0.0698. The zero-order valence-corrected chi connectivity index (χ0v) is 26.8. The molecule has 1 aliphatic rings. The van der Waals surface area contributed by atoms with Crippen molar-refractivity contribution in [2.75, 3.05) is 0 Å². The molecule has 0 amide bonds. The van der Waals surface area contributed by atoms with Crippen LogP contribution in [0.2, 0.25) is 0 Å². The third kappa shape index (κ3) is 3.79. The first-order valence-corrected chi connectivity index (χ1v) is 16.9. The van der Waals surface area contributed by atoms with Gasteiger partial charge in [-0.15, -0.1) is 11.3 Å². The van der Waals surface area contributed by atoms with Crippen LogP contribution in [0.1, 0.15) is 25.0 Å². The van der Waals surface area contributed by atoms with Crippen LogP contribution in [0.3, 0.4) is 0 Å². The van der Waals surface area contributed by atoms with Crippen LogP contribution in [0.5, 0.6) is 0 Å². The Balaban J connectivity index is 1.24. The minimum atomic E-state index is -0.156. The molecule has 9 aromatic rings. The van der Waals surface area contributed by atoms with E-state index < -0.39 is 0 Å². The lowest BCUT2D eigenvalue weighted by molar-refractivity contribution is 0.630. The van der Waals surface area contributed by atoms with Gasteiger partial charge in [-0.25, -0.2) is 9.97 Å². The summed E-state index contributed by atoms with van der Waals surface area (Å²) in [5.41, 5.74) is 12.7. The van der Waals surface area contributed by atoms with Gasteiger partial charge >= 0.3 is 0 Å². The zero-order valence-electron chi connectivity index (χ0n) is 26.0. The maximum absolute atomic E-state index is 5.33. The van der Waals surface area contributed by atoms with Gasteiger partial charge in [0.1, 0.15) is 0 Å². The molecular weight excluding hydrogens is 591 g/mol. The molecule has 3 nitrogen and oxygen atoms in total. The van der Waals surface area contributed by atoms with Crippen molar-refractivity contribution < 1.29 is 0 Å². The Hall–Kier alpha value is -5.58. The smallest absolute Gasteiger partial charge is 0.160 e. The van der Waals surface area contributed by atoms with Crippen molar-refractivity contribution >= 4 is 53.4 Å². The summed E-state index contributed by atoms with van der Waals surface area (Å²) in [5.74, 6) is 0.731. The van der Waals surface area contributed by atoms with E-state index in [0.717, 1.165) is 39.1 Å². The van der Waals surface area contributed by atoms with Crippen LogP contribution in [0.25, 0.3) is 81.6 Å². The van der Waals surface area contributed by atoms with Crippen LogP contribution >= 0.6 is 11.3 Å². The number of para-hydroxylation sites is 2. The molecule has 3 aromatic heterocycles. The van der Waals surface area contributed by atoms with E-state index >= 15 is 0 Å². The van der Waals surface area contributed by atoms with Crippen molar-refractivity contribution in [3.05, 3.63) is 151 Å². The van der Waals surface area contributed by atoms with E-state index in [4.69, 9.17) is 9.97 Å². The van der Waals surface area contributed by atoms with Gasteiger partial charge in [0.15, 0.2) is 5.82 Å². The Bertz CT molecular complexity index is 2710. The highest BCUT2D eigenvalue weighted by Gasteiger charge is 2.36. The average molecular weight is 620 g/mol. The minimum Gasteiger partial charge on any atom is -0.307 e. The number of hydrogen-bond donors (Lipinski definition) is 0. The summed E-state index contributed by atoms with van der Waals surface area (Å²) in [4.78, 5) is 10.4. The molecule has 0 bridgehead atoms. The predicted octanol–water partition coefficient (Wildman–Crippen LogP) is 11.6. The molecule has 6 aromatic carbocycles. The average Bonchev–Trinajstić information content (AvgIpc) is 3.66. The summed E-state index contributed by atoms with van der Waals surface area (Å²) in [5, 5.41) is 3.68. The van der Waals surface area contributed by atoms with Crippen molar-refractivity contribution in [3.8, 4) is 39.5 Å². The molecule has 0 saturated heterocycles. The molecule has 4 heteroatoms. The monoisotopic (exact) mass is 619 g/mol. The van der Waals surface area contributed by atoms with E-state index in [1.54, 1.807) is 0 Å².